The molecule has 6 heteroatoms. The van der Waals surface area contributed by atoms with Crippen LogP contribution in [0.25, 0.3) is 0 Å². The molecular formula is C11H18O6. The Morgan fingerprint density at radius 1 is 0.824 bits per heavy atom. The van der Waals surface area contributed by atoms with E-state index in [0.29, 0.717) is 26.4 Å². The molecular weight excluding hydrogens is 228 g/mol. The van der Waals surface area contributed by atoms with Crippen LogP contribution in [0, 0.1) is 0 Å². The van der Waals surface area contributed by atoms with E-state index in [1.54, 1.807) is 0 Å². The molecule has 6 nitrogen and oxygen atoms in total. The number of epoxide rings is 3. The number of hydrogen-bond acceptors (Lipinski definition) is 6. The van der Waals surface area contributed by atoms with Gasteiger partial charge in [0.25, 0.3) is 0 Å². The van der Waals surface area contributed by atoms with E-state index >= 15 is 0 Å². The van der Waals surface area contributed by atoms with Gasteiger partial charge in [-0.25, -0.2) is 0 Å². The average molecular weight is 246 g/mol. The largest absolute Gasteiger partial charge is 0.373 e. The molecule has 0 aromatic heterocycles. The van der Waals surface area contributed by atoms with Crippen LogP contribution in [-0.4, -0.2) is 70.9 Å². The van der Waals surface area contributed by atoms with E-state index in [2.05, 4.69) is 0 Å². The van der Waals surface area contributed by atoms with Crippen LogP contribution in [0.5, 0.6) is 0 Å². The fourth-order valence-electron chi connectivity index (χ4n) is 1.36. The standard InChI is InChI=1S/C11H18O6/c1(8-2-13-8)12-7-11(16-5-9-3-14-9)17-6-10-4-15-10/h8-11H,1-7H2. The van der Waals surface area contributed by atoms with E-state index in [9.17, 15) is 0 Å². The summed E-state index contributed by atoms with van der Waals surface area (Å²) in [6.45, 7) is 4.56. The molecule has 0 aromatic rings. The van der Waals surface area contributed by atoms with Gasteiger partial charge in [0.15, 0.2) is 6.29 Å². The van der Waals surface area contributed by atoms with E-state index in [0.717, 1.165) is 19.8 Å². The topological polar surface area (TPSA) is 65.3 Å². The molecule has 3 rings (SSSR count). The van der Waals surface area contributed by atoms with Gasteiger partial charge in [-0.05, 0) is 0 Å². The predicted molar refractivity (Wildman–Crippen MR) is 55.7 cm³/mol. The molecule has 0 amide bonds. The Morgan fingerprint density at radius 2 is 1.29 bits per heavy atom. The van der Waals surface area contributed by atoms with Crippen molar-refractivity contribution in [2.45, 2.75) is 24.6 Å². The van der Waals surface area contributed by atoms with Gasteiger partial charge in [0, 0.05) is 0 Å². The summed E-state index contributed by atoms with van der Waals surface area (Å²) in [5.41, 5.74) is 0. The molecule has 3 saturated heterocycles. The minimum atomic E-state index is -0.331. The van der Waals surface area contributed by atoms with Crippen LogP contribution in [-0.2, 0) is 28.4 Å². The summed E-state index contributed by atoms with van der Waals surface area (Å²) in [7, 11) is 0. The fraction of sp³-hybridized carbons (Fsp3) is 1.00. The predicted octanol–water partition coefficient (Wildman–Crippen LogP) is -0.441. The van der Waals surface area contributed by atoms with Gasteiger partial charge in [-0.2, -0.15) is 0 Å². The molecule has 0 spiro atoms. The first-order valence-corrected chi connectivity index (χ1v) is 6.06. The lowest BCUT2D eigenvalue weighted by atomic mass is 10.5. The first-order chi connectivity index (χ1) is 8.40. The lowest BCUT2D eigenvalue weighted by molar-refractivity contribution is -0.176. The lowest BCUT2D eigenvalue weighted by Gasteiger charge is -2.17. The van der Waals surface area contributed by atoms with Gasteiger partial charge < -0.3 is 28.4 Å². The number of hydrogen-bond donors (Lipinski definition) is 0. The summed E-state index contributed by atoms with van der Waals surface area (Å²) < 4.78 is 31.9. The quantitative estimate of drug-likeness (QED) is 0.384. The summed E-state index contributed by atoms with van der Waals surface area (Å²) in [6, 6.07) is 0. The van der Waals surface area contributed by atoms with Crippen molar-refractivity contribution in [3.63, 3.8) is 0 Å². The molecule has 0 bridgehead atoms. The van der Waals surface area contributed by atoms with Gasteiger partial charge in [-0.3, -0.25) is 0 Å². The highest BCUT2D eigenvalue weighted by molar-refractivity contribution is 4.70. The molecule has 0 aromatic carbocycles. The van der Waals surface area contributed by atoms with Crippen molar-refractivity contribution in [2.24, 2.45) is 0 Å². The molecule has 0 N–H and O–H groups in total. The first kappa shape index (κ1) is 11.8. The third kappa shape index (κ3) is 4.87. The normalized spacial score (nSPS) is 35.6. The monoisotopic (exact) mass is 246 g/mol. The maximum absolute atomic E-state index is 5.58. The lowest BCUT2D eigenvalue weighted by Crippen LogP contribution is -2.27. The molecule has 0 saturated carbocycles. The van der Waals surface area contributed by atoms with Crippen LogP contribution in [0.15, 0.2) is 0 Å². The van der Waals surface area contributed by atoms with Crippen molar-refractivity contribution in [1.29, 1.82) is 0 Å². The van der Waals surface area contributed by atoms with Crippen molar-refractivity contribution < 1.29 is 28.4 Å². The van der Waals surface area contributed by atoms with Crippen molar-refractivity contribution in [3.8, 4) is 0 Å². The summed E-state index contributed by atoms with van der Waals surface area (Å²) in [4.78, 5) is 0. The van der Waals surface area contributed by atoms with Crippen molar-refractivity contribution >= 4 is 0 Å². The second-order valence-electron chi connectivity index (χ2n) is 4.50. The van der Waals surface area contributed by atoms with Gasteiger partial charge in [0.1, 0.15) is 18.3 Å². The Kier molecular flexibility index (Phi) is 3.90. The summed E-state index contributed by atoms with van der Waals surface area (Å²) in [5, 5.41) is 0. The molecule has 0 aliphatic carbocycles. The Morgan fingerprint density at radius 3 is 1.76 bits per heavy atom. The molecule has 3 heterocycles. The van der Waals surface area contributed by atoms with Crippen LogP contribution in [0.4, 0.5) is 0 Å². The SMILES string of the molecule is C(OCC(OCC1CO1)OCC1CO1)C1CO1. The zero-order valence-electron chi connectivity index (χ0n) is 9.71. The van der Waals surface area contributed by atoms with Crippen LogP contribution in [0.1, 0.15) is 0 Å². The van der Waals surface area contributed by atoms with E-state index in [1.165, 1.54) is 0 Å². The van der Waals surface area contributed by atoms with Crippen LogP contribution in [0.2, 0.25) is 0 Å². The number of ether oxygens (including phenoxy) is 6. The maximum Gasteiger partial charge on any atom is 0.181 e. The summed E-state index contributed by atoms with van der Waals surface area (Å²) in [6.07, 6.45) is 0.423. The smallest absolute Gasteiger partial charge is 0.181 e. The Balaban J connectivity index is 1.30. The van der Waals surface area contributed by atoms with Crippen LogP contribution >= 0.6 is 0 Å². The third-order valence-electron chi connectivity index (χ3n) is 2.70. The van der Waals surface area contributed by atoms with Gasteiger partial charge >= 0.3 is 0 Å². The van der Waals surface area contributed by atoms with Crippen LogP contribution in [0.3, 0.4) is 0 Å². The maximum atomic E-state index is 5.58. The zero-order chi connectivity index (χ0) is 11.5. The highest BCUT2D eigenvalue weighted by Gasteiger charge is 2.28. The van der Waals surface area contributed by atoms with Gasteiger partial charge in [-0.1, -0.05) is 0 Å². The highest BCUT2D eigenvalue weighted by Crippen LogP contribution is 2.14. The second kappa shape index (κ2) is 5.60. The van der Waals surface area contributed by atoms with E-state index in [-0.39, 0.29) is 24.6 Å². The Bertz CT molecular complexity index is 220. The summed E-state index contributed by atoms with van der Waals surface area (Å²) >= 11 is 0. The molecule has 3 aliphatic rings. The Hall–Kier alpha value is -0.240. The minimum Gasteiger partial charge on any atom is -0.373 e. The van der Waals surface area contributed by atoms with E-state index in [1.807, 2.05) is 0 Å². The molecule has 3 fully saturated rings. The molecule has 98 valence electrons. The highest BCUT2D eigenvalue weighted by atomic mass is 16.7. The van der Waals surface area contributed by atoms with Crippen molar-refractivity contribution in [2.75, 3.05) is 46.2 Å². The van der Waals surface area contributed by atoms with Crippen molar-refractivity contribution in [3.05, 3.63) is 0 Å². The van der Waals surface area contributed by atoms with E-state index in [4.69, 9.17) is 28.4 Å². The van der Waals surface area contributed by atoms with Gasteiger partial charge in [0.05, 0.1) is 46.2 Å². The summed E-state index contributed by atoms with van der Waals surface area (Å²) in [5.74, 6) is 0. The van der Waals surface area contributed by atoms with Gasteiger partial charge in [-0.15, -0.1) is 0 Å². The van der Waals surface area contributed by atoms with Crippen LogP contribution < -0.4 is 0 Å². The minimum absolute atomic E-state index is 0.241. The van der Waals surface area contributed by atoms with Gasteiger partial charge in [0.2, 0.25) is 0 Å². The third-order valence-corrected chi connectivity index (χ3v) is 2.70. The molecule has 0 radical (unpaired) electrons. The molecule has 17 heavy (non-hydrogen) atoms. The van der Waals surface area contributed by atoms with E-state index < -0.39 is 0 Å². The average Bonchev–Trinajstić information content (AvgIpc) is 3.15. The van der Waals surface area contributed by atoms with Crippen molar-refractivity contribution in [1.82, 2.24) is 0 Å². The molecule has 3 unspecified atom stereocenters. The molecule has 3 aliphatic heterocycles. The fourth-order valence-corrected chi connectivity index (χ4v) is 1.36. The second-order valence-corrected chi connectivity index (χ2v) is 4.50. The number of rotatable bonds is 10. The first-order valence-electron chi connectivity index (χ1n) is 6.06. The zero-order valence-corrected chi connectivity index (χ0v) is 9.71. The Labute approximate surface area is 100 Å². The molecule has 3 atom stereocenters.